The first kappa shape index (κ1) is 17.8. The van der Waals surface area contributed by atoms with Crippen LogP contribution in [0.1, 0.15) is 46.6 Å². The van der Waals surface area contributed by atoms with Gasteiger partial charge in [-0.25, -0.2) is 0 Å². The van der Waals surface area contributed by atoms with Crippen LogP contribution < -0.4 is 5.32 Å². The van der Waals surface area contributed by atoms with E-state index in [2.05, 4.69) is 15.5 Å². The molecular weight excluding hydrogens is 358 g/mol. The topological polar surface area (TPSA) is 68.0 Å². The zero-order chi connectivity index (χ0) is 18.8. The summed E-state index contributed by atoms with van der Waals surface area (Å²) in [5.74, 6) is 0.969. The molecule has 0 saturated heterocycles. The highest BCUT2D eigenvalue weighted by molar-refractivity contribution is 8.00. The van der Waals surface area contributed by atoms with Gasteiger partial charge >= 0.3 is 0 Å². The molecule has 5 nitrogen and oxygen atoms in total. The third-order valence-electron chi connectivity index (χ3n) is 4.56. The number of aromatic nitrogens is 2. The van der Waals surface area contributed by atoms with Crippen LogP contribution in [-0.2, 0) is 4.79 Å². The molecule has 138 valence electrons. The number of nitrogens with one attached hydrogen (secondary N) is 1. The van der Waals surface area contributed by atoms with Crippen molar-refractivity contribution in [2.75, 3.05) is 5.32 Å². The Morgan fingerprint density at radius 2 is 1.93 bits per heavy atom. The molecule has 1 saturated carbocycles. The van der Waals surface area contributed by atoms with Crippen molar-refractivity contribution >= 4 is 23.4 Å². The zero-order valence-electron chi connectivity index (χ0n) is 15.3. The highest BCUT2D eigenvalue weighted by Gasteiger charge is 2.31. The van der Waals surface area contributed by atoms with Crippen molar-refractivity contribution < 1.29 is 9.21 Å². The number of aryl methyl sites for hydroxylation is 2. The molecule has 6 heteroatoms. The maximum Gasteiger partial charge on any atom is 0.277 e. The molecule has 0 bridgehead atoms. The van der Waals surface area contributed by atoms with E-state index < -0.39 is 5.25 Å². The van der Waals surface area contributed by atoms with E-state index in [1.807, 2.05) is 62.4 Å². The lowest BCUT2D eigenvalue weighted by molar-refractivity contribution is -0.115. The van der Waals surface area contributed by atoms with Crippen LogP contribution in [0.5, 0.6) is 0 Å². The lowest BCUT2D eigenvalue weighted by Crippen LogP contribution is -2.19. The summed E-state index contributed by atoms with van der Waals surface area (Å²) in [7, 11) is 0. The molecule has 1 N–H and O–H groups in total. The molecule has 1 atom stereocenters. The van der Waals surface area contributed by atoms with Gasteiger partial charge in [0.2, 0.25) is 11.8 Å². The Bertz CT molecular complexity index is 951. The molecule has 0 unspecified atom stereocenters. The Balaban J connectivity index is 1.58. The Morgan fingerprint density at radius 1 is 1.15 bits per heavy atom. The van der Waals surface area contributed by atoms with Gasteiger partial charge in [0.05, 0.1) is 0 Å². The van der Waals surface area contributed by atoms with Gasteiger partial charge in [-0.2, -0.15) is 0 Å². The molecule has 3 aromatic rings. The molecule has 27 heavy (non-hydrogen) atoms. The van der Waals surface area contributed by atoms with Gasteiger partial charge in [0.1, 0.15) is 5.25 Å². The number of amides is 1. The second kappa shape index (κ2) is 7.56. The third-order valence-corrected chi connectivity index (χ3v) is 5.65. The van der Waals surface area contributed by atoms with Crippen molar-refractivity contribution in [3.63, 3.8) is 0 Å². The number of hydrogen-bond acceptors (Lipinski definition) is 5. The average molecular weight is 379 g/mol. The molecular formula is C21H21N3O2S. The SMILES string of the molecule is Cc1ccc(C)c(NC(=O)[C@H](Sc2nnc(C3CC3)o2)c2ccccc2)c1. The first-order valence-electron chi connectivity index (χ1n) is 9.03. The predicted octanol–water partition coefficient (Wildman–Crippen LogP) is 5.04. The standard InChI is InChI=1S/C21H21N3O2S/c1-13-8-9-14(2)17(12-13)22-19(25)18(15-6-4-3-5-7-15)27-21-24-23-20(26-21)16-10-11-16/h3-9,12,16,18H,10-11H2,1-2H3,(H,22,25)/t18-/m1/s1. The first-order valence-corrected chi connectivity index (χ1v) is 9.91. The van der Waals surface area contributed by atoms with Gasteiger partial charge in [-0.1, -0.05) is 42.5 Å². The number of benzene rings is 2. The Kier molecular flexibility index (Phi) is 4.99. The predicted molar refractivity (Wildman–Crippen MR) is 106 cm³/mol. The fraction of sp³-hybridized carbons (Fsp3) is 0.286. The van der Waals surface area contributed by atoms with Gasteiger partial charge < -0.3 is 9.73 Å². The van der Waals surface area contributed by atoms with E-state index in [4.69, 9.17) is 4.42 Å². The van der Waals surface area contributed by atoms with Crippen molar-refractivity contribution in [1.29, 1.82) is 0 Å². The molecule has 0 radical (unpaired) electrons. The lowest BCUT2D eigenvalue weighted by atomic mass is 10.1. The number of thioether (sulfide) groups is 1. The molecule has 1 fully saturated rings. The molecule has 1 aromatic heterocycles. The van der Waals surface area contributed by atoms with E-state index in [1.165, 1.54) is 11.8 Å². The average Bonchev–Trinajstić information content (AvgIpc) is 3.42. The van der Waals surface area contributed by atoms with Crippen molar-refractivity contribution in [3.05, 3.63) is 71.1 Å². The zero-order valence-corrected chi connectivity index (χ0v) is 16.1. The summed E-state index contributed by atoms with van der Waals surface area (Å²) in [6.07, 6.45) is 2.20. The van der Waals surface area contributed by atoms with Gasteiger partial charge in [0.15, 0.2) is 0 Å². The molecule has 1 aliphatic rings. The minimum atomic E-state index is -0.474. The quantitative estimate of drug-likeness (QED) is 0.608. The number of carbonyl (C=O) groups excluding carboxylic acids is 1. The number of anilines is 1. The van der Waals surface area contributed by atoms with Crippen molar-refractivity contribution in [2.45, 2.75) is 43.1 Å². The highest BCUT2D eigenvalue weighted by atomic mass is 32.2. The van der Waals surface area contributed by atoms with Crippen molar-refractivity contribution in [2.24, 2.45) is 0 Å². The van der Waals surface area contributed by atoms with E-state index in [1.54, 1.807) is 0 Å². The van der Waals surface area contributed by atoms with Crippen LogP contribution in [0.3, 0.4) is 0 Å². The second-order valence-electron chi connectivity index (χ2n) is 6.90. The van der Waals surface area contributed by atoms with Crippen molar-refractivity contribution in [1.82, 2.24) is 10.2 Å². The monoisotopic (exact) mass is 379 g/mol. The summed E-state index contributed by atoms with van der Waals surface area (Å²) in [6.45, 7) is 4.00. The van der Waals surface area contributed by atoms with Crippen LogP contribution in [-0.4, -0.2) is 16.1 Å². The van der Waals surface area contributed by atoms with Gasteiger partial charge in [-0.15, -0.1) is 10.2 Å². The van der Waals surface area contributed by atoms with Crippen LogP contribution >= 0.6 is 11.8 Å². The molecule has 1 amide bonds. The Labute approximate surface area is 162 Å². The van der Waals surface area contributed by atoms with Crippen LogP contribution in [0.15, 0.2) is 58.2 Å². The number of hydrogen-bond donors (Lipinski definition) is 1. The number of nitrogens with zero attached hydrogens (tertiary/aromatic N) is 2. The van der Waals surface area contributed by atoms with E-state index in [-0.39, 0.29) is 5.91 Å². The maximum absolute atomic E-state index is 13.1. The summed E-state index contributed by atoms with van der Waals surface area (Å²) in [4.78, 5) is 13.1. The second-order valence-corrected chi connectivity index (χ2v) is 7.95. The van der Waals surface area contributed by atoms with E-state index in [0.29, 0.717) is 17.0 Å². The number of carbonyl (C=O) groups is 1. The smallest absolute Gasteiger partial charge is 0.277 e. The first-order chi connectivity index (χ1) is 13.1. The van der Waals surface area contributed by atoms with Crippen LogP contribution in [0.4, 0.5) is 5.69 Å². The van der Waals surface area contributed by atoms with Gasteiger partial charge in [0, 0.05) is 11.6 Å². The fourth-order valence-corrected chi connectivity index (χ4v) is 3.72. The Hall–Kier alpha value is -2.60. The van der Waals surface area contributed by atoms with Gasteiger partial charge in [-0.05, 0) is 61.2 Å². The van der Waals surface area contributed by atoms with Crippen LogP contribution in [0.25, 0.3) is 0 Å². The molecule has 1 heterocycles. The molecule has 2 aromatic carbocycles. The molecule has 4 rings (SSSR count). The highest BCUT2D eigenvalue weighted by Crippen LogP contribution is 2.42. The third kappa shape index (κ3) is 4.22. The van der Waals surface area contributed by atoms with Crippen molar-refractivity contribution in [3.8, 4) is 0 Å². The lowest BCUT2D eigenvalue weighted by Gasteiger charge is -2.16. The van der Waals surface area contributed by atoms with E-state index in [0.717, 1.165) is 35.2 Å². The summed E-state index contributed by atoms with van der Waals surface area (Å²) in [5, 5.41) is 11.3. The largest absolute Gasteiger partial charge is 0.416 e. The summed E-state index contributed by atoms with van der Waals surface area (Å²) < 4.78 is 5.76. The van der Waals surface area contributed by atoms with Crippen LogP contribution in [0.2, 0.25) is 0 Å². The minimum absolute atomic E-state index is 0.105. The van der Waals surface area contributed by atoms with Gasteiger partial charge in [-0.3, -0.25) is 4.79 Å². The summed E-state index contributed by atoms with van der Waals surface area (Å²) in [5.41, 5.74) is 3.85. The minimum Gasteiger partial charge on any atom is -0.416 e. The molecule has 1 aliphatic carbocycles. The number of rotatable bonds is 6. The summed E-state index contributed by atoms with van der Waals surface area (Å²) in [6, 6.07) is 15.7. The normalized spacial score (nSPS) is 14.7. The molecule has 0 spiro atoms. The van der Waals surface area contributed by atoms with E-state index >= 15 is 0 Å². The maximum atomic E-state index is 13.1. The van der Waals surface area contributed by atoms with Gasteiger partial charge in [0.25, 0.3) is 5.22 Å². The Morgan fingerprint density at radius 3 is 2.67 bits per heavy atom. The van der Waals surface area contributed by atoms with Crippen LogP contribution in [0, 0.1) is 13.8 Å². The summed E-state index contributed by atoms with van der Waals surface area (Å²) >= 11 is 1.29. The van der Waals surface area contributed by atoms with E-state index in [9.17, 15) is 4.79 Å². The molecule has 0 aliphatic heterocycles. The fourth-order valence-electron chi connectivity index (χ4n) is 2.83.